The van der Waals surface area contributed by atoms with E-state index in [2.05, 4.69) is 5.32 Å². The van der Waals surface area contributed by atoms with Gasteiger partial charge < -0.3 is 11.1 Å². The zero-order valence-electron chi connectivity index (χ0n) is 11.3. The van der Waals surface area contributed by atoms with Crippen molar-refractivity contribution in [3.05, 3.63) is 35.4 Å². The number of nitrogens with one attached hydrogen (secondary N) is 1. The summed E-state index contributed by atoms with van der Waals surface area (Å²) in [5, 5.41) is 2.50. The third kappa shape index (κ3) is 4.95. The monoisotopic (exact) mass is 284 g/mol. The van der Waals surface area contributed by atoms with Gasteiger partial charge in [0.2, 0.25) is 11.8 Å². The molecule has 0 spiro atoms. The van der Waals surface area contributed by atoms with E-state index in [-0.39, 0.29) is 6.42 Å². The highest BCUT2D eigenvalue weighted by Crippen LogP contribution is 2.09. The van der Waals surface area contributed by atoms with E-state index in [4.69, 9.17) is 5.73 Å². The predicted molar refractivity (Wildman–Crippen MR) is 70.7 cm³/mol. The highest BCUT2D eigenvalue weighted by atomic mass is 19.2. The Kier molecular flexibility index (Phi) is 6.09. The summed E-state index contributed by atoms with van der Waals surface area (Å²) in [6.07, 6.45) is 1.98. The maximum atomic E-state index is 13.0. The number of hydrogen-bond acceptors (Lipinski definition) is 2. The standard InChI is InChI=1S/C14H18F2N2O2/c1-2-3-4-12(14(17)20)18-13(19)8-9-5-6-10(15)11(16)7-9/h5-7,12H,2-4,8H2,1H3,(H2,17,20)(H,18,19)/t12-/m0/s1. The number of unbranched alkanes of at least 4 members (excludes halogenated alkanes) is 1. The Morgan fingerprint density at radius 1 is 1.30 bits per heavy atom. The molecule has 4 nitrogen and oxygen atoms in total. The minimum atomic E-state index is -1.01. The largest absolute Gasteiger partial charge is 0.368 e. The average molecular weight is 284 g/mol. The zero-order chi connectivity index (χ0) is 15.1. The third-order valence-electron chi connectivity index (χ3n) is 2.87. The number of carbonyl (C=O) groups excluding carboxylic acids is 2. The molecule has 0 saturated heterocycles. The van der Waals surface area contributed by atoms with Crippen molar-refractivity contribution in [3.8, 4) is 0 Å². The van der Waals surface area contributed by atoms with E-state index < -0.39 is 29.5 Å². The Labute approximate surface area is 116 Å². The predicted octanol–water partition coefficient (Wildman–Crippen LogP) is 1.67. The van der Waals surface area contributed by atoms with Crippen LogP contribution in [0.4, 0.5) is 8.78 Å². The topological polar surface area (TPSA) is 72.2 Å². The lowest BCUT2D eigenvalue weighted by Gasteiger charge is -2.15. The van der Waals surface area contributed by atoms with E-state index in [0.717, 1.165) is 25.0 Å². The first-order valence-electron chi connectivity index (χ1n) is 6.46. The molecular formula is C14H18F2N2O2. The molecule has 0 aliphatic heterocycles. The molecule has 0 radical (unpaired) electrons. The molecule has 110 valence electrons. The molecule has 0 aliphatic carbocycles. The molecule has 3 N–H and O–H groups in total. The Morgan fingerprint density at radius 3 is 2.55 bits per heavy atom. The molecule has 1 aromatic rings. The molecular weight excluding hydrogens is 266 g/mol. The minimum absolute atomic E-state index is 0.132. The summed E-state index contributed by atoms with van der Waals surface area (Å²) in [6.45, 7) is 1.96. The number of benzene rings is 1. The van der Waals surface area contributed by atoms with E-state index in [1.165, 1.54) is 6.07 Å². The van der Waals surface area contributed by atoms with Gasteiger partial charge in [-0.1, -0.05) is 25.8 Å². The number of amides is 2. The highest BCUT2D eigenvalue weighted by molar-refractivity contribution is 5.87. The lowest BCUT2D eigenvalue weighted by Crippen LogP contribution is -2.44. The van der Waals surface area contributed by atoms with Crippen molar-refractivity contribution in [1.29, 1.82) is 0 Å². The van der Waals surface area contributed by atoms with Gasteiger partial charge in [0.1, 0.15) is 6.04 Å². The normalized spacial score (nSPS) is 11.9. The maximum Gasteiger partial charge on any atom is 0.239 e. The summed E-state index contributed by atoms with van der Waals surface area (Å²) in [6, 6.07) is 2.51. The first kappa shape index (κ1) is 16.1. The van der Waals surface area contributed by atoms with Gasteiger partial charge in [0.15, 0.2) is 11.6 Å². The third-order valence-corrected chi connectivity index (χ3v) is 2.87. The molecule has 0 unspecified atom stereocenters. The summed E-state index contributed by atoms with van der Waals surface area (Å²) in [7, 11) is 0. The van der Waals surface area contributed by atoms with Crippen LogP contribution in [0.15, 0.2) is 18.2 Å². The quantitative estimate of drug-likeness (QED) is 0.799. The van der Waals surface area contributed by atoms with Crippen molar-refractivity contribution in [2.45, 2.75) is 38.6 Å². The fourth-order valence-electron chi connectivity index (χ4n) is 1.77. The van der Waals surface area contributed by atoms with Gasteiger partial charge in [-0.25, -0.2) is 8.78 Å². The SMILES string of the molecule is CCCC[C@H](NC(=O)Cc1ccc(F)c(F)c1)C(N)=O. The first-order chi connectivity index (χ1) is 9.43. The van der Waals surface area contributed by atoms with Crippen molar-refractivity contribution in [2.75, 3.05) is 0 Å². The number of hydrogen-bond donors (Lipinski definition) is 2. The number of primary amides is 1. The van der Waals surface area contributed by atoms with Crippen molar-refractivity contribution < 1.29 is 18.4 Å². The van der Waals surface area contributed by atoms with Crippen LogP contribution in [0.3, 0.4) is 0 Å². The van der Waals surface area contributed by atoms with Gasteiger partial charge in [-0.3, -0.25) is 9.59 Å². The smallest absolute Gasteiger partial charge is 0.239 e. The molecule has 0 aliphatic rings. The summed E-state index contributed by atoms with van der Waals surface area (Å²) in [5.41, 5.74) is 5.53. The summed E-state index contributed by atoms with van der Waals surface area (Å²) in [5.74, 6) is -3.02. The molecule has 20 heavy (non-hydrogen) atoms. The molecule has 6 heteroatoms. The van der Waals surface area contributed by atoms with Gasteiger partial charge in [0, 0.05) is 0 Å². The van der Waals surface area contributed by atoms with Crippen LogP contribution in [0, 0.1) is 11.6 Å². The first-order valence-corrected chi connectivity index (χ1v) is 6.46. The van der Waals surface area contributed by atoms with E-state index in [1.54, 1.807) is 0 Å². The van der Waals surface area contributed by atoms with Gasteiger partial charge in [-0.05, 0) is 24.1 Å². The molecule has 1 aromatic carbocycles. The number of nitrogens with two attached hydrogens (primary N) is 1. The maximum absolute atomic E-state index is 13.0. The lowest BCUT2D eigenvalue weighted by molar-refractivity contribution is -0.127. The molecule has 1 rings (SSSR count). The van der Waals surface area contributed by atoms with Crippen LogP contribution in [0.1, 0.15) is 31.7 Å². The summed E-state index contributed by atoms with van der Waals surface area (Å²) in [4.78, 5) is 22.9. The number of carbonyl (C=O) groups is 2. The van der Waals surface area contributed by atoms with E-state index >= 15 is 0 Å². The summed E-state index contributed by atoms with van der Waals surface area (Å²) >= 11 is 0. The van der Waals surface area contributed by atoms with Crippen molar-refractivity contribution in [1.82, 2.24) is 5.32 Å². The zero-order valence-corrected chi connectivity index (χ0v) is 11.3. The number of rotatable bonds is 7. The second-order valence-corrected chi connectivity index (χ2v) is 4.59. The Hall–Kier alpha value is -1.98. The van der Waals surface area contributed by atoms with E-state index in [0.29, 0.717) is 12.0 Å². The second kappa shape index (κ2) is 7.57. The Morgan fingerprint density at radius 2 is 2.00 bits per heavy atom. The van der Waals surface area contributed by atoms with Crippen LogP contribution in [0.2, 0.25) is 0 Å². The fourth-order valence-corrected chi connectivity index (χ4v) is 1.77. The molecule has 0 fully saturated rings. The molecule has 1 atom stereocenters. The van der Waals surface area contributed by atoms with Crippen LogP contribution in [0.5, 0.6) is 0 Å². The Bertz CT molecular complexity index is 492. The highest BCUT2D eigenvalue weighted by Gasteiger charge is 2.17. The van der Waals surface area contributed by atoms with Crippen LogP contribution in [-0.2, 0) is 16.0 Å². The molecule has 0 bridgehead atoms. The van der Waals surface area contributed by atoms with Crippen molar-refractivity contribution >= 4 is 11.8 Å². The molecule has 0 aromatic heterocycles. The van der Waals surface area contributed by atoms with E-state index in [1.807, 2.05) is 6.92 Å². The van der Waals surface area contributed by atoms with Gasteiger partial charge in [0.05, 0.1) is 6.42 Å². The van der Waals surface area contributed by atoms with E-state index in [9.17, 15) is 18.4 Å². The second-order valence-electron chi connectivity index (χ2n) is 4.59. The lowest BCUT2D eigenvalue weighted by atomic mass is 10.1. The average Bonchev–Trinajstić information content (AvgIpc) is 2.38. The minimum Gasteiger partial charge on any atom is -0.368 e. The van der Waals surface area contributed by atoms with Crippen LogP contribution in [-0.4, -0.2) is 17.9 Å². The molecule has 0 saturated carbocycles. The van der Waals surface area contributed by atoms with Crippen LogP contribution in [0.25, 0.3) is 0 Å². The van der Waals surface area contributed by atoms with Crippen LogP contribution < -0.4 is 11.1 Å². The van der Waals surface area contributed by atoms with Gasteiger partial charge in [-0.2, -0.15) is 0 Å². The summed E-state index contributed by atoms with van der Waals surface area (Å²) < 4.78 is 25.8. The van der Waals surface area contributed by atoms with Gasteiger partial charge >= 0.3 is 0 Å². The van der Waals surface area contributed by atoms with Gasteiger partial charge in [-0.15, -0.1) is 0 Å². The molecule has 2 amide bonds. The van der Waals surface area contributed by atoms with Crippen molar-refractivity contribution in [2.24, 2.45) is 5.73 Å². The number of halogens is 2. The van der Waals surface area contributed by atoms with Gasteiger partial charge in [0.25, 0.3) is 0 Å². The van der Waals surface area contributed by atoms with Crippen molar-refractivity contribution in [3.63, 3.8) is 0 Å². The fraction of sp³-hybridized carbons (Fsp3) is 0.429. The molecule has 0 heterocycles. The Balaban J connectivity index is 2.60. The van der Waals surface area contributed by atoms with Crippen LogP contribution >= 0.6 is 0 Å².